The molecule has 2 unspecified atom stereocenters. The van der Waals surface area contributed by atoms with E-state index >= 15 is 0 Å². The summed E-state index contributed by atoms with van der Waals surface area (Å²) in [7, 11) is -2.93. The number of fused-ring (bicyclic) bond motifs is 2. The zero-order valence-corrected chi connectivity index (χ0v) is 12.6. The van der Waals surface area contributed by atoms with Crippen LogP contribution in [0.2, 0.25) is 0 Å². The highest BCUT2D eigenvalue weighted by atomic mass is 32.2. The smallest absolute Gasteiger partial charge is 0.159 e. The fraction of sp³-hybridized carbons (Fsp3) is 0.471. The molecule has 4 rings (SSSR count). The quantitative estimate of drug-likeness (QED) is 0.843. The van der Waals surface area contributed by atoms with Gasteiger partial charge in [-0.05, 0) is 54.9 Å². The normalized spacial score (nSPS) is 31.3. The minimum atomic E-state index is -2.93. The highest BCUT2D eigenvalue weighted by Crippen LogP contribution is 2.48. The third kappa shape index (κ3) is 1.87. The fourth-order valence-electron chi connectivity index (χ4n) is 3.68. The van der Waals surface area contributed by atoms with Crippen molar-refractivity contribution in [3.8, 4) is 6.07 Å². The van der Waals surface area contributed by atoms with Crippen molar-refractivity contribution in [1.82, 2.24) is 0 Å². The molecule has 3 nitrogen and oxygen atoms in total. The Morgan fingerprint density at radius 1 is 1.24 bits per heavy atom. The van der Waals surface area contributed by atoms with Gasteiger partial charge in [-0.2, -0.15) is 5.26 Å². The number of rotatable bonds is 2. The maximum absolute atomic E-state index is 12.1. The van der Waals surface area contributed by atoms with Gasteiger partial charge in [0.25, 0.3) is 0 Å². The third-order valence-corrected chi connectivity index (χ3v) is 7.79. The van der Waals surface area contributed by atoms with E-state index in [9.17, 15) is 13.7 Å². The van der Waals surface area contributed by atoms with Crippen molar-refractivity contribution in [2.24, 2.45) is 0 Å². The zero-order chi connectivity index (χ0) is 14.7. The van der Waals surface area contributed by atoms with Crippen LogP contribution in [0.15, 0.2) is 30.3 Å². The van der Waals surface area contributed by atoms with Crippen molar-refractivity contribution in [1.29, 1.82) is 5.26 Å². The first-order valence-corrected chi connectivity index (χ1v) is 9.12. The Hall–Kier alpha value is -1.60. The van der Waals surface area contributed by atoms with E-state index in [1.807, 2.05) is 24.3 Å². The van der Waals surface area contributed by atoms with Crippen molar-refractivity contribution >= 4 is 15.4 Å². The summed E-state index contributed by atoms with van der Waals surface area (Å²) in [5, 5.41) is 8.84. The average Bonchev–Trinajstić information content (AvgIpc) is 3.27. The van der Waals surface area contributed by atoms with E-state index in [0.717, 1.165) is 42.4 Å². The summed E-state index contributed by atoms with van der Waals surface area (Å²) < 4.78 is 24.3. The molecule has 2 bridgehead atoms. The lowest BCUT2D eigenvalue weighted by Gasteiger charge is -2.21. The van der Waals surface area contributed by atoms with Crippen molar-refractivity contribution in [3.63, 3.8) is 0 Å². The predicted molar refractivity (Wildman–Crippen MR) is 81.3 cm³/mol. The number of hydrogen-bond acceptors (Lipinski definition) is 3. The minimum absolute atomic E-state index is 0.197. The molecule has 2 fully saturated rings. The van der Waals surface area contributed by atoms with Crippen LogP contribution in [0.3, 0.4) is 0 Å². The van der Waals surface area contributed by atoms with Gasteiger partial charge < -0.3 is 0 Å². The van der Waals surface area contributed by atoms with Crippen LogP contribution in [0.5, 0.6) is 0 Å². The topological polar surface area (TPSA) is 57.9 Å². The molecule has 1 saturated carbocycles. The molecule has 108 valence electrons. The Labute approximate surface area is 125 Å². The molecule has 2 aliphatic heterocycles. The molecule has 21 heavy (non-hydrogen) atoms. The van der Waals surface area contributed by atoms with E-state index in [2.05, 4.69) is 12.1 Å². The molecule has 1 saturated heterocycles. The van der Waals surface area contributed by atoms with Crippen LogP contribution in [-0.2, 0) is 15.3 Å². The van der Waals surface area contributed by atoms with Crippen LogP contribution in [0.1, 0.15) is 43.2 Å². The number of hydrogen-bond donors (Lipinski definition) is 0. The Balaban J connectivity index is 1.73. The van der Waals surface area contributed by atoms with Gasteiger partial charge in [-0.3, -0.25) is 0 Å². The van der Waals surface area contributed by atoms with E-state index in [-0.39, 0.29) is 15.9 Å². The summed E-state index contributed by atoms with van der Waals surface area (Å²) in [5.74, 6) is 0. The Kier molecular flexibility index (Phi) is 2.62. The second kappa shape index (κ2) is 4.20. The second-order valence-corrected chi connectivity index (χ2v) is 8.95. The molecule has 2 atom stereocenters. The molecule has 4 heteroatoms. The summed E-state index contributed by atoms with van der Waals surface area (Å²) in [6, 6.07) is 10.6. The van der Waals surface area contributed by atoms with Crippen molar-refractivity contribution < 1.29 is 8.42 Å². The number of nitrogens with zero attached hydrogens (tertiary/aromatic N) is 1. The fourth-order valence-corrected chi connectivity index (χ4v) is 5.87. The van der Waals surface area contributed by atoms with Crippen LogP contribution < -0.4 is 0 Å². The molecule has 0 radical (unpaired) electrons. The Morgan fingerprint density at radius 3 is 2.71 bits per heavy atom. The lowest BCUT2D eigenvalue weighted by Crippen LogP contribution is -2.26. The monoisotopic (exact) mass is 299 g/mol. The van der Waals surface area contributed by atoms with Crippen molar-refractivity contribution in [3.05, 3.63) is 41.5 Å². The molecular weight excluding hydrogens is 282 g/mol. The lowest BCUT2D eigenvalue weighted by atomic mass is 9.92. The molecule has 1 aromatic carbocycles. The van der Waals surface area contributed by atoms with Crippen LogP contribution in [-0.4, -0.2) is 18.9 Å². The van der Waals surface area contributed by atoms with Gasteiger partial charge in [0.2, 0.25) is 0 Å². The molecule has 0 amide bonds. The number of allylic oxidation sites excluding steroid dienone is 1. The summed E-state index contributed by atoms with van der Waals surface area (Å²) in [5.41, 5.74) is 3.05. The summed E-state index contributed by atoms with van der Waals surface area (Å²) in [4.78, 5) is 0. The Bertz CT molecular complexity index is 781. The molecule has 3 aliphatic rings. The summed E-state index contributed by atoms with van der Waals surface area (Å²) in [6.07, 6.45) is 6.00. The zero-order valence-electron chi connectivity index (χ0n) is 11.7. The van der Waals surface area contributed by atoms with Crippen molar-refractivity contribution in [2.75, 3.05) is 0 Å². The summed E-state index contributed by atoms with van der Waals surface area (Å²) in [6.45, 7) is 0. The van der Waals surface area contributed by atoms with Gasteiger partial charge in [-0.15, -0.1) is 0 Å². The SMILES string of the molecule is N#CC1(c2cccc(C3=CC4CCC(C3)S4(=O)=O)c2)CC1. The van der Waals surface area contributed by atoms with Crippen LogP contribution in [0, 0.1) is 11.3 Å². The molecule has 0 aromatic heterocycles. The van der Waals surface area contributed by atoms with Gasteiger partial charge in [-0.1, -0.05) is 24.3 Å². The van der Waals surface area contributed by atoms with Gasteiger partial charge in [-0.25, -0.2) is 8.42 Å². The lowest BCUT2D eigenvalue weighted by molar-refractivity contribution is 0.585. The van der Waals surface area contributed by atoms with Gasteiger partial charge in [0, 0.05) is 0 Å². The maximum atomic E-state index is 12.1. The van der Waals surface area contributed by atoms with E-state index in [1.165, 1.54) is 0 Å². The highest BCUT2D eigenvalue weighted by Gasteiger charge is 2.46. The van der Waals surface area contributed by atoms with E-state index in [1.54, 1.807) is 0 Å². The van der Waals surface area contributed by atoms with E-state index < -0.39 is 9.84 Å². The van der Waals surface area contributed by atoms with Crippen LogP contribution >= 0.6 is 0 Å². The molecule has 1 aliphatic carbocycles. The molecule has 0 N–H and O–H groups in total. The van der Waals surface area contributed by atoms with Crippen LogP contribution in [0.4, 0.5) is 0 Å². The van der Waals surface area contributed by atoms with E-state index in [4.69, 9.17) is 0 Å². The first kappa shape index (κ1) is 13.1. The largest absolute Gasteiger partial charge is 0.228 e. The maximum Gasteiger partial charge on any atom is 0.159 e. The highest BCUT2D eigenvalue weighted by molar-refractivity contribution is 7.93. The van der Waals surface area contributed by atoms with E-state index in [0.29, 0.717) is 6.42 Å². The Morgan fingerprint density at radius 2 is 2.05 bits per heavy atom. The molecular formula is C17H17NO2S. The first-order valence-electron chi connectivity index (χ1n) is 7.51. The number of sulfone groups is 1. The molecule has 2 heterocycles. The van der Waals surface area contributed by atoms with Crippen LogP contribution in [0.25, 0.3) is 5.57 Å². The average molecular weight is 299 g/mol. The van der Waals surface area contributed by atoms with Gasteiger partial charge in [0.15, 0.2) is 9.84 Å². The number of nitriles is 1. The van der Waals surface area contributed by atoms with Gasteiger partial charge in [0.05, 0.1) is 22.0 Å². The van der Waals surface area contributed by atoms with Crippen molar-refractivity contribution in [2.45, 2.75) is 48.0 Å². The third-order valence-electron chi connectivity index (χ3n) is 5.24. The van der Waals surface area contributed by atoms with Gasteiger partial charge >= 0.3 is 0 Å². The second-order valence-electron chi connectivity index (χ2n) is 6.50. The number of benzene rings is 1. The standard InChI is InChI=1S/C17H17NO2S/c18-11-17(6-7-17)14-3-1-2-12(8-14)13-9-15-4-5-16(10-13)21(15,19)20/h1-3,8-9,15-16H,4-7,10H2. The van der Waals surface area contributed by atoms with Gasteiger partial charge in [0.1, 0.15) is 0 Å². The predicted octanol–water partition coefficient (Wildman–Crippen LogP) is 2.97. The molecule has 1 aromatic rings. The minimum Gasteiger partial charge on any atom is -0.228 e. The molecule has 0 spiro atoms. The first-order chi connectivity index (χ1) is 10.0. The summed E-state index contributed by atoms with van der Waals surface area (Å²) >= 11 is 0.